The van der Waals surface area contributed by atoms with Crippen LogP contribution in [0.15, 0.2) is 47.4 Å². The second kappa shape index (κ2) is 8.29. The minimum absolute atomic E-state index is 0.0858. The fourth-order valence-electron chi connectivity index (χ4n) is 3.07. The summed E-state index contributed by atoms with van der Waals surface area (Å²) in [4.78, 5) is 16.2. The molecule has 2 aromatic rings. The summed E-state index contributed by atoms with van der Waals surface area (Å²) < 4.78 is 27.2. The summed E-state index contributed by atoms with van der Waals surface area (Å²) in [6.07, 6.45) is 0. The molecule has 0 unspecified atom stereocenters. The van der Waals surface area contributed by atoms with Crippen LogP contribution in [0, 0.1) is 0 Å². The molecule has 2 aromatic carbocycles. The van der Waals surface area contributed by atoms with Gasteiger partial charge in [-0.05, 0) is 36.4 Å². The Morgan fingerprint density at radius 3 is 1.96 bits per heavy atom. The molecule has 0 bridgehead atoms. The van der Waals surface area contributed by atoms with Gasteiger partial charge in [0.2, 0.25) is 10.0 Å². The van der Waals surface area contributed by atoms with Crippen molar-refractivity contribution in [2.75, 3.05) is 45.2 Å². The van der Waals surface area contributed by atoms with E-state index in [0.717, 1.165) is 5.69 Å². The highest BCUT2D eigenvalue weighted by molar-refractivity contribution is 7.89. The number of hydrogen-bond donors (Lipinski definition) is 0. The van der Waals surface area contributed by atoms with Gasteiger partial charge in [-0.2, -0.15) is 4.31 Å². The number of halogens is 2. The molecule has 0 atom stereocenters. The standard InChI is InChI=1S/C19H21Cl2N3O3S/c1-22(2)15-8-6-14(7-9-15)19(25)23-10-12-24(13-11-23)28(26,27)18-16(20)4-3-5-17(18)21/h3-9H,10-13H2,1-2H3. The molecule has 3 rings (SSSR count). The smallest absolute Gasteiger partial charge is 0.253 e. The van der Waals surface area contributed by atoms with Crippen LogP contribution in [0.1, 0.15) is 10.4 Å². The third kappa shape index (κ3) is 4.12. The molecule has 1 saturated heterocycles. The molecule has 0 spiro atoms. The van der Waals surface area contributed by atoms with Gasteiger partial charge < -0.3 is 9.80 Å². The monoisotopic (exact) mass is 441 g/mol. The summed E-state index contributed by atoms with van der Waals surface area (Å²) in [7, 11) is 0.0382. The molecule has 1 amide bonds. The quantitative estimate of drug-likeness (QED) is 0.730. The summed E-state index contributed by atoms with van der Waals surface area (Å²) in [5.74, 6) is -0.113. The first-order valence-electron chi connectivity index (χ1n) is 8.72. The van der Waals surface area contributed by atoms with Gasteiger partial charge in [0.05, 0.1) is 10.0 Å². The Hall–Kier alpha value is -1.80. The van der Waals surface area contributed by atoms with Crippen molar-refractivity contribution >= 4 is 44.8 Å². The number of sulfonamides is 1. The van der Waals surface area contributed by atoms with E-state index in [2.05, 4.69) is 0 Å². The summed E-state index contributed by atoms with van der Waals surface area (Å²) in [6, 6.07) is 11.9. The minimum Gasteiger partial charge on any atom is -0.378 e. The average Bonchev–Trinajstić information content (AvgIpc) is 2.67. The molecule has 0 aliphatic carbocycles. The fourth-order valence-corrected chi connectivity index (χ4v) is 5.59. The predicted molar refractivity (Wildman–Crippen MR) is 112 cm³/mol. The van der Waals surface area contributed by atoms with Gasteiger partial charge in [0.15, 0.2) is 0 Å². The van der Waals surface area contributed by atoms with Gasteiger partial charge in [-0.25, -0.2) is 8.42 Å². The SMILES string of the molecule is CN(C)c1ccc(C(=O)N2CCN(S(=O)(=O)c3c(Cl)cccc3Cl)CC2)cc1. The maximum Gasteiger partial charge on any atom is 0.253 e. The van der Waals surface area contributed by atoms with Crippen molar-refractivity contribution in [3.8, 4) is 0 Å². The molecule has 1 fully saturated rings. The number of carbonyl (C=O) groups is 1. The summed E-state index contributed by atoms with van der Waals surface area (Å²) >= 11 is 12.1. The van der Waals surface area contributed by atoms with E-state index in [1.54, 1.807) is 23.1 Å². The second-order valence-corrected chi connectivity index (χ2v) is 9.38. The Morgan fingerprint density at radius 1 is 0.929 bits per heavy atom. The second-order valence-electron chi connectivity index (χ2n) is 6.69. The maximum atomic E-state index is 12.9. The van der Waals surface area contributed by atoms with Crippen LogP contribution in [-0.4, -0.2) is 63.8 Å². The number of piperazine rings is 1. The molecule has 0 aromatic heterocycles. The fraction of sp³-hybridized carbons (Fsp3) is 0.316. The highest BCUT2D eigenvalue weighted by atomic mass is 35.5. The Kier molecular flexibility index (Phi) is 6.19. The lowest BCUT2D eigenvalue weighted by molar-refractivity contribution is 0.0698. The average molecular weight is 442 g/mol. The number of anilines is 1. The molecular weight excluding hydrogens is 421 g/mol. The van der Waals surface area contributed by atoms with E-state index in [9.17, 15) is 13.2 Å². The molecule has 0 saturated carbocycles. The van der Waals surface area contributed by atoms with E-state index in [4.69, 9.17) is 23.2 Å². The van der Waals surface area contributed by atoms with Crippen LogP contribution in [-0.2, 0) is 10.0 Å². The maximum absolute atomic E-state index is 12.9. The van der Waals surface area contributed by atoms with Crippen molar-refractivity contribution in [2.45, 2.75) is 4.90 Å². The highest BCUT2D eigenvalue weighted by Gasteiger charge is 2.33. The molecule has 0 N–H and O–H groups in total. The summed E-state index contributed by atoms with van der Waals surface area (Å²) in [5, 5.41) is 0.180. The van der Waals surface area contributed by atoms with Crippen LogP contribution in [0.5, 0.6) is 0 Å². The van der Waals surface area contributed by atoms with Gasteiger partial charge in [-0.15, -0.1) is 0 Å². The molecule has 0 radical (unpaired) electrons. The number of hydrogen-bond acceptors (Lipinski definition) is 4. The van der Waals surface area contributed by atoms with Gasteiger partial charge in [-0.1, -0.05) is 29.3 Å². The van der Waals surface area contributed by atoms with E-state index in [-0.39, 0.29) is 33.9 Å². The van der Waals surface area contributed by atoms with Crippen LogP contribution in [0.4, 0.5) is 5.69 Å². The topological polar surface area (TPSA) is 60.9 Å². The zero-order valence-electron chi connectivity index (χ0n) is 15.6. The van der Waals surface area contributed by atoms with Crippen LogP contribution >= 0.6 is 23.2 Å². The number of amides is 1. The largest absolute Gasteiger partial charge is 0.378 e. The van der Waals surface area contributed by atoms with E-state index in [1.807, 2.05) is 31.1 Å². The molecule has 1 aliphatic heterocycles. The minimum atomic E-state index is -3.83. The third-order valence-corrected chi connectivity index (χ3v) is 7.53. The molecule has 9 heteroatoms. The molecule has 150 valence electrons. The predicted octanol–water partition coefficient (Wildman–Crippen LogP) is 3.21. The van der Waals surface area contributed by atoms with Crippen LogP contribution in [0.3, 0.4) is 0 Å². The molecule has 28 heavy (non-hydrogen) atoms. The highest BCUT2D eigenvalue weighted by Crippen LogP contribution is 2.32. The Bertz CT molecular complexity index is 950. The van der Waals surface area contributed by atoms with Crippen molar-refractivity contribution in [2.24, 2.45) is 0 Å². The lowest BCUT2D eigenvalue weighted by atomic mass is 10.1. The van der Waals surface area contributed by atoms with Crippen molar-refractivity contribution in [3.63, 3.8) is 0 Å². The zero-order valence-corrected chi connectivity index (χ0v) is 17.9. The molecule has 1 aliphatic rings. The Morgan fingerprint density at radius 2 is 1.46 bits per heavy atom. The summed E-state index contributed by atoms with van der Waals surface area (Å²) in [6.45, 7) is 0.974. The van der Waals surface area contributed by atoms with Crippen molar-refractivity contribution < 1.29 is 13.2 Å². The van der Waals surface area contributed by atoms with Gasteiger partial charge in [0.25, 0.3) is 5.91 Å². The normalized spacial score (nSPS) is 15.5. The first-order valence-corrected chi connectivity index (χ1v) is 10.9. The van der Waals surface area contributed by atoms with Crippen LogP contribution < -0.4 is 4.90 Å². The van der Waals surface area contributed by atoms with E-state index in [1.165, 1.54) is 16.4 Å². The van der Waals surface area contributed by atoms with Crippen molar-refractivity contribution in [3.05, 3.63) is 58.1 Å². The van der Waals surface area contributed by atoms with Crippen LogP contribution in [0.2, 0.25) is 10.0 Å². The zero-order chi connectivity index (χ0) is 20.5. The van der Waals surface area contributed by atoms with Gasteiger partial charge >= 0.3 is 0 Å². The number of nitrogens with zero attached hydrogens (tertiary/aromatic N) is 3. The van der Waals surface area contributed by atoms with Crippen LogP contribution in [0.25, 0.3) is 0 Å². The lowest BCUT2D eigenvalue weighted by Crippen LogP contribution is -2.50. The molecule has 1 heterocycles. The number of benzene rings is 2. The summed E-state index contributed by atoms with van der Waals surface area (Å²) in [5.41, 5.74) is 1.58. The lowest BCUT2D eigenvalue weighted by Gasteiger charge is -2.34. The number of rotatable bonds is 4. The van der Waals surface area contributed by atoms with Gasteiger partial charge in [0, 0.05) is 51.5 Å². The Balaban J connectivity index is 1.71. The van der Waals surface area contributed by atoms with Gasteiger partial charge in [-0.3, -0.25) is 4.79 Å². The van der Waals surface area contributed by atoms with Crippen molar-refractivity contribution in [1.29, 1.82) is 0 Å². The first-order chi connectivity index (χ1) is 13.2. The van der Waals surface area contributed by atoms with E-state index in [0.29, 0.717) is 18.7 Å². The number of carbonyl (C=O) groups excluding carboxylic acids is 1. The van der Waals surface area contributed by atoms with E-state index < -0.39 is 10.0 Å². The Labute approximate surface area is 175 Å². The third-order valence-electron chi connectivity index (χ3n) is 4.67. The van der Waals surface area contributed by atoms with E-state index >= 15 is 0 Å². The molecular formula is C19H21Cl2N3O3S. The van der Waals surface area contributed by atoms with Crippen molar-refractivity contribution in [1.82, 2.24) is 9.21 Å². The van der Waals surface area contributed by atoms with Gasteiger partial charge in [0.1, 0.15) is 4.90 Å². The first kappa shape index (κ1) is 20.9. The molecule has 6 nitrogen and oxygen atoms in total.